The SMILES string of the molecule is COC(=O)c1oc2c(Cl)cccc2c1C. The van der Waals surface area contributed by atoms with E-state index >= 15 is 0 Å². The Morgan fingerprint density at radius 3 is 2.80 bits per heavy atom. The minimum Gasteiger partial charge on any atom is -0.463 e. The molecule has 0 aliphatic rings. The highest BCUT2D eigenvalue weighted by Crippen LogP contribution is 2.30. The molecular weight excluding hydrogens is 216 g/mol. The lowest BCUT2D eigenvalue weighted by Crippen LogP contribution is -2.00. The second-order valence-electron chi connectivity index (χ2n) is 3.16. The van der Waals surface area contributed by atoms with Crippen molar-refractivity contribution in [3.05, 3.63) is 34.5 Å². The van der Waals surface area contributed by atoms with E-state index in [9.17, 15) is 4.79 Å². The van der Waals surface area contributed by atoms with E-state index in [1.54, 1.807) is 13.0 Å². The minimum atomic E-state index is -0.486. The van der Waals surface area contributed by atoms with Crippen molar-refractivity contribution in [2.45, 2.75) is 6.92 Å². The van der Waals surface area contributed by atoms with Gasteiger partial charge in [0, 0.05) is 10.9 Å². The van der Waals surface area contributed by atoms with Gasteiger partial charge in [0.15, 0.2) is 5.58 Å². The van der Waals surface area contributed by atoms with E-state index in [1.807, 2.05) is 12.1 Å². The number of methoxy groups -OCH3 is 1. The van der Waals surface area contributed by atoms with E-state index in [0.29, 0.717) is 10.6 Å². The van der Waals surface area contributed by atoms with Crippen LogP contribution in [0.4, 0.5) is 0 Å². The van der Waals surface area contributed by atoms with Crippen molar-refractivity contribution in [2.24, 2.45) is 0 Å². The number of halogens is 1. The van der Waals surface area contributed by atoms with Gasteiger partial charge < -0.3 is 9.15 Å². The quantitative estimate of drug-likeness (QED) is 0.699. The summed E-state index contributed by atoms with van der Waals surface area (Å²) in [6.45, 7) is 1.80. The highest BCUT2D eigenvalue weighted by Gasteiger charge is 2.18. The normalized spacial score (nSPS) is 10.6. The summed E-state index contributed by atoms with van der Waals surface area (Å²) in [6.07, 6.45) is 0. The molecule has 0 bridgehead atoms. The molecule has 1 aromatic carbocycles. The van der Waals surface area contributed by atoms with Gasteiger partial charge in [-0.15, -0.1) is 0 Å². The van der Waals surface area contributed by atoms with Crippen molar-refractivity contribution in [1.29, 1.82) is 0 Å². The largest absolute Gasteiger partial charge is 0.463 e. The van der Waals surface area contributed by atoms with Crippen LogP contribution in [0.2, 0.25) is 5.02 Å². The van der Waals surface area contributed by atoms with Gasteiger partial charge in [0.25, 0.3) is 0 Å². The van der Waals surface area contributed by atoms with Crippen LogP contribution in [-0.2, 0) is 4.74 Å². The number of rotatable bonds is 1. The zero-order valence-electron chi connectivity index (χ0n) is 8.33. The first-order chi connectivity index (χ1) is 7.15. The molecule has 2 rings (SSSR count). The number of furan rings is 1. The third kappa shape index (κ3) is 1.49. The van der Waals surface area contributed by atoms with Gasteiger partial charge in [-0.1, -0.05) is 23.7 Å². The van der Waals surface area contributed by atoms with Gasteiger partial charge in [0.05, 0.1) is 12.1 Å². The van der Waals surface area contributed by atoms with E-state index < -0.39 is 5.97 Å². The van der Waals surface area contributed by atoms with Crippen LogP contribution in [0, 0.1) is 6.92 Å². The fraction of sp³-hybridized carbons (Fsp3) is 0.182. The van der Waals surface area contributed by atoms with Crippen LogP contribution in [0.3, 0.4) is 0 Å². The molecule has 2 aromatic rings. The predicted octanol–water partition coefficient (Wildman–Crippen LogP) is 3.18. The second-order valence-corrected chi connectivity index (χ2v) is 3.57. The third-order valence-electron chi connectivity index (χ3n) is 2.29. The number of fused-ring (bicyclic) bond motifs is 1. The number of esters is 1. The Balaban J connectivity index is 2.75. The molecule has 0 saturated carbocycles. The summed E-state index contributed by atoms with van der Waals surface area (Å²) in [5.74, 6) is -0.277. The van der Waals surface area contributed by atoms with Crippen LogP contribution in [-0.4, -0.2) is 13.1 Å². The summed E-state index contributed by atoms with van der Waals surface area (Å²) < 4.78 is 9.99. The number of benzene rings is 1. The number of hydrogen-bond acceptors (Lipinski definition) is 3. The highest BCUT2D eigenvalue weighted by molar-refractivity contribution is 6.35. The van der Waals surface area contributed by atoms with Gasteiger partial charge in [-0.05, 0) is 13.0 Å². The molecule has 4 heteroatoms. The van der Waals surface area contributed by atoms with Crippen molar-refractivity contribution in [3.8, 4) is 0 Å². The summed E-state index contributed by atoms with van der Waals surface area (Å²) in [6, 6.07) is 5.38. The Kier molecular flexibility index (Phi) is 2.40. The Morgan fingerprint density at radius 1 is 1.47 bits per heavy atom. The van der Waals surface area contributed by atoms with Gasteiger partial charge in [-0.2, -0.15) is 0 Å². The Labute approximate surface area is 91.6 Å². The number of hydrogen-bond donors (Lipinski definition) is 0. The first-order valence-electron chi connectivity index (χ1n) is 4.41. The van der Waals surface area contributed by atoms with Crippen LogP contribution in [0.5, 0.6) is 0 Å². The molecular formula is C11H9ClO3. The monoisotopic (exact) mass is 224 g/mol. The first kappa shape index (κ1) is 10.1. The molecule has 0 radical (unpaired) electrons. The molecule has 1 aromatic heterocycles. The molecule has 15 heavy (non-hydrogen) atoms. The van der Waals surface area contributed by atoms with Crippen molar-refractivity contribution in [2.75, 3.05) is 7.11 Å². The molecule has 0 aliphatic carbocycles. The molecule has 0 saturated heterocycles. The van der Waals surface area contributed by atoms with Gasteiger partial charge in [-0.3, -0.25) is 0 Å². The summed E-state index contributed by atoms with van der Waals surface area (Å²) >= 11 is 5.94. The van der Waals surface area contributed by atoms with Gasteiger partial charge in [0.2, 0.25) is 5.76 Å². The highest BCUT2D eigenvalue weighted by atomic mass is 35.5. The molecule has 3 nitrogen and oxygen atoms in total. The maximum Gasteiger partial charge on any atom is 0.374 e. The fourth-order valence-electron chi connectivity index (χ4n) is 1.50. The number of ether oxygens (including phenoxy) is 1. The van der Waals surface area contributed by atoms with Crippen molar-refractivity contribution >= 4 is 28.5 Å². The molecule has 78 valence electrons. The maximum absolute atomic E-state index is 11.4. The Morgan fingerprint density at radius 2 is 2.20 bits per heavy atom. The minimum absolute atomic E-state index is 0.209. The van der Waals surface area contributed by atoms with Crippen molar-refractivity contribution < 1.29 is 13.9 Å². The van der Waals surface area contributed by atoms with E-state index in [0.717, 1.165) is 10.9 Å². The van der Waals surface area contributed by atoms with Gasteiger partial charge >= 0.3 is 5.97 Å². The van der Waals surface area contributed by atoms with Crippen LogP contribution in [0.25, 0.3) is 11.0 Å². The Hall–Kier alpha value is -1.48. The average molecular weight is 225 g/mol. The lowest BCUT2D eigenvalue weighted by molar-refractivity contribution is 0.0566. The summed E-state index contributed by atoms with van der Waals surface area (Å²) in [7, 11) is 1.32. The summed E-state index contributed by atoms with van der Waals surface area (Å²) in [4.78, 5) is 11.4. The van der Waals surface area contributed by atoms with Crippen molar-refractivity contribution in [3.63, 3.8) is 0 Å². The van der Waals surface area contributed by atoms with E-state index in [2.05, 4.69) is 4.74 Å². The zero-order valence-corrected chi connectivity index (χ0v) is 9.09. The smallest absolute Gasteiger partial charge is 0.374 e. The van der Waals surface area contributed by atoms with E-state index in [4.69, 9.17) is 16.0 Å². The molecule has 0 spiro atoms. The molecule has 0 atom stereocenters. The number of para-hydroxylation sites is 1. The number of aryl methyl sites for hydroxylation is 1. The van der Waals surface area contributed by atoms with E-state index in [-0.39, 0.29) is 5.76 Å². The lowest BCUT2D eigenvalue weighted by Gasteiger charge is -1.93. The molecule has 0 amide bonds. The van der Waals surface area contributed by atoms with Gasteiger partial charge in [-0.25, -0.2) is 4.79 Å². The Bertz CT molecular complexity index is 528. The van der Waals surface area contributed by atoms with Crippen LogP contribution in [0.15, 0.2) is 22.6 Å². The second kappa shape index (κ2) is 3.59. The molecule has 0 unspecified atom stereocenters. The maximum atomic E-state index is 11.4. The third-order valence-corrected chi connectivity index (χ3v) is 2.58. The van der Waals surface area contributed by atoms with Crippen LogP contribution in [0.1, 0.15) is 16.1 Å². The first-order valence-corrected chi connectivity index (χ1v) is 4.79. The molecule has 0 N–H and O–H groups in total. The van der Waals surface area contributed by atoms with Crippen molar-refractivity contribution in [1.82, 2.24) is 0 Å². The molecule has 0 aliphatic heterocycles. The van der Waals surface area contributed by atoms with Crippen LogP contribution >= 0.6 is 11.6 Å². The fourth-order valence-corrected chi connectivity index (χ4v) is 1.71. The van der Waals surface area contributed by atoms with Gasteiger partial charge in [0.1, 0.15) is 0 Å². The van der Waals surface area contributed by atoms with Crippen LogP contribution < -0.4 is 0 Å². The standard InChI is InChI=1S/C11H9ClO3/c1-6-7-4-3-5-8(12)10(7)15-9(6)11(13)14-2/h3-5H,1-2H3. The molecule has 1 heterocycles. The topological polar surface area (TPSA) is 39.4 Å². The number of carbonyl (C=O) groups excluding carboxylic acids is 1. The zero-order chi connectivity index (χ0) is 11.0. The predicted molar refractivity (Wildman–Crippen MR) is 57.3 cm³/mol. The lowest BCUT2D eigenvalue weighted by atomic mass is 10.1. The number of carbonyl (C=O) groups is 1. The van der Waals surface area contributed by atoms with E-state index in [1.165, 1.54) is 7.11 Å². The average Bonchev–Trinajstić information content (AvgIpc) is 2.57. The molecule has 0 fully saturated rings. The summed E-state index contributed by atoms with van der Waals surface area (Å²) in [5.41, 5.74) is 1.27. The summed E-state index contributed by atoms with van der Waals surface area (Å²) in [5, 5.41) is 1.33.